The Morgan fingerprint density at radius 3 is 2.73 bits per heavy atom. The first kappa shape index (κ1) is 18.1. The van der Waals surface area contributed by atoms with Crippen LogP contribution in [0.5, 0.6) is 5.75 Å². The number of aromatic carboxylic acids is 1. The number of carbonyl (C=O) groups is 1. The van der Waals surface area contributed by atoms with E-state index < -0.39 is 5.97 Å². The lowest BCUT2D eigenvalue weighted by Gasteiger charge is -2.31. The molecule has 1 fully saturated rings. The molecule has 26 heavy (non-hydrogen) atoms. The van der Waals surface area contributed by atoms with Gasteiger partial charge in [0.2, 0.25) is 5.95 Å². The van der Waals surface area contributed by atoms with Gasteiger partial charge in [-0.1, -0.05) is 0 Å². The quantitative estimate of drug-likeness (QED) is 0.820. The molecular weight excluding hydrogens is 334 g/mol. The van der Waals surface area contributed by atoms with E-state index in [4.69, 9.17) is 4.74 Å². The summed E-state index contributed by atoms with van der Waals surface area (Å²) in [5.74, 6) is 0.295. The molecule has 1 aliphatic rings. The van der Waals surface area contributed by atoms with Crippen LogP contribution in [0.1, 0.15) is 30.1 Å². The molecule has 2 N–H and O–H groups in total. The number of aliphatic hydroxyl groups excluding tert-OH is 1. The van der Waals surface area contributed by atoms with Crippen LogP contribution in [0, 0.1) is 5.92 Å². The summed E-state index contributed by atoms with van der Waals surface area (Å²) in [7, 11) is 0. The highest BCUT2D eigenvalue weighted by molar-refractivity contribution is 5.92. The predicted molar refractivity (Wildman–Crippen MR) is 97.6 cm³/mol. The van der Waals surface area contributed by atoms with Gasteiger partial charge < -0.3 is 19.8 Å². The third kappa shape index (κ3) is 3.94. The molecule has 7 nitrogen and oxygen atoms in total. The Hall–Kier alpha value is -2.67. The Morgan fingerprint density at radius 2 is 2.08 bits per heavy atom. The summed E-state index contributed by atoms with van der Waals surface area (Å²) in [5, 5.41) is 18.7. The van der Waals surface area contributed by atoms with Crippen LogP contribution < -0.4 is 9.64 Å². The van der Waals surface area contributed by atoms with Crippen LogP contribution in [-0.2, 0) is 0 Å². The number of ether oxygens (including phenoxy) is 1. The molecule has 1 aliphatic heterocycles. The summed E-state index contributed by atoms with van der Waals surface area (Å²) in [6.45, 7) is 4.05. The number of aliphatic hydroxyl groups is 1. The number of piperidine rings is 1. The first-order valence-corrected chi connectivity index (χ1v) is 8.81. The molecule has 2 heterocycles. The zero-order valence-electron chi connectivity index (χ0n) is 14.8. The van der Waals surface area contributed by atoms with E-state index in [9.17, 15) is 15.0 Å². The average Bonchev–Trinajstić information content (AvgIpc) is 2.68. The van der Waals surface area contributed by atoms with E-state index in [0.29, 0.717) is 35.5 Å². The number of anilines is 1. The summed E-state index contributed by atoms with van der Waals surface area (Å²) in [5.41, 5.74) is 1.50. The minimum atomic E-state index is -1.03. The SMILES string of the molecule is CCOc1ccc(-c2ccnc(N3CCC(CO)CC3)n2)cc1C(=O)O. The predicted octanol–water partition coefficient (Wildman–Crippen LogP) is 2.45. The molecule has 0 aliphatic carbocycles. The molecular formula is C19H23N3O4. The number of hydrogen-bond acceptors (Lipinski definition) is 6. The number of nitrogens with zero attached hydrogens (tertiary/aromatic N) is 3. The molecule has 0 saturated carbocycles. The lowest BCUT2D eigenvalue weighted by Crippen LogP contribution is -2.35. The third-order valence-corrected chi connectivity index (χ3v) is 4.60. The fourth-order valence-corrected chi connectivity index (χ4v) is 3.11. The minimum absolute atomic E-state index is 0.119. The second-order valence-corrected chi connectivity index (χ2v) is 6.30. The van der Waals surface area contributed by atoms with E-state index in [1.165, 1.54) is 0 Å². The van der Waals surface area contributed by atoms with Crippen molar-refractivity contribution >= 4 is 11.9 Å². The summed E-state index contributed by atoms with van der Waals surface area (Å²) in [6, 6.07) is 6.82. The maximum Gasteiger partial charge on any atom is 0.339 e. The van der Waals surface area contributed by atoms with Crippen molar-refractivity contribution in [2.24, 2.45) is 5.92 Å². The van der Waals surface area contributed by atoms with Crippen molar-refractivity contribution in [3.8, 4) is 17.0 Å². The van der Waals surface area contributed by atoms with Crippen LogP contribution in [0.2, 0.25) is 0 Å². The summed E-state index contributed by atoms with van der Waals surface area (Å²) < 4.78 is 5.39. The fourth-order valence-electron chi connectivity index (χ4n) is 3.11. The van der Waals surface area contributed by atoms with Crippen LogP contribution in [0.3, 0.4) is 0 Å². The van der Waals surface area contributed by atoms with Gasteiger partial charge in [-0.05, 0) is 49.9 Å². The summed E-state index contributed by atoms with van der Waals surface area (Å²) in [6.07, 6.45) is 3.51. The van der Waals surface area contributed by atoms with Crippen LogP contribution in [0.15, 0.2) is 30.5 Å². The third-order valence-electron chi connectivity index (χ3n) is 4.60. The average molecular weight is 357 g/mol. The summed E-state index contributed by atoms with van der Waals surface area (Å²) in [4.78, 5) is 22.6. The number of benzene rings is 1. The highest BCUT2D eigenvalue weighted by Gasteiger charge is 2.21. The Kier molecular flexibility index (Phi) is 5.68. The number of rotatable bonds is 6. The van der Waals surface area contributed by atoms with Crippen molar-refractivity contribution in [2.75, 3.05) is 31.2 Å². The van der Waals surface area contributed by atoms with Crippen LogP contribution in [0.25, 0.3) is 11.3 Å². The maximum atomic E-state index is 11.5. The number of aromatic nitrogens is 2. The van der Waals surface area contributed by atoms with E-state index in [1.54, 1.807) is 24.4 Å². The zero-order valence-corrected chi connectivity index (χ0v) is 14.8. The molecule has 0 atom stereocenters. The number of carboxylic acids is 1. The van der Waals surface area contributed by atoms with Crippen molar-refractivity contribution in [3.05, 3.63) is 36.0 Å². The van der Waals surface area contributed by atoms with Crippen molar-refractivity contribution in [1.82, 2.24) is 9.97 Å². The molecule has 0 unspecified atom stereocenters. The smallest absolute Gasteiger partial charge is 0.339 e. The van der Waals surface area contributed by atoms with Gasteiger partial charge in [0.15, 0.2) is 0 Å². The van der Waals surface area contributed by atoms with Gasteiger partial charge in [-0.25, -0.2) is 14.8 Å². The molecule has 0 amide bonds. The van der Waals surface area contributed by atoms with Gasteiger partial charge in [0.25, 0.3) is 0 Å². The molecule has 7 heteroatoms. The maximum absolute atomic E-state index is 11.5. The Balaban J connectivity index is 1.86. The van der Waals surface area contributed by atoms with E-state index in [0.717, 1.165) is 25.9 Å². The molecule has 0 bridgehead atoms. The highest BCUT2D eigenvalue weighted by Crippen LogP contribution is 2.27. The van der Waals surface area contributed by atoms with E-state index in [-0.39, 0.29) is 12.2 Å². The van der Waals surface area contributed by atoms with E-state index in [1.807, 2.05) is 13.0 Å². The second-order valence-electron chi connectivity index (χ2n) is 6.30. The Bertz CT molecular complexity index is 773. The highest BCUT2D eigenvalue weighted by atomic mass is 16.5. The first-order valence-electron chi connectivity index (χ1n) is 8.81. The van der Waals surface area contributed by atoms with E-state index >= 15 is 0 Å². The largest absolute Gasteiger partial charge is 0.493 e. The number of carboxylic acid groups (broad SMARTS) is 1. The molecule has 1 aromatic carbocycles. The normalized spacial score (nSPS) is 15.1. The molecule has 1 aromatic heterocycles. The Morgan fingerprint density at radius 1 is 1.31 bits per heavy atom. The van der Waals surface area contributed by atoms with Crippen molar-refractivity contribution < 1.29 is 19.7 Å². The molecule has 0 spiro atoms. The topological polar surface area (TPSA) is 95.8 Å². The van der Waals surface area contributed by atoms with Gasteiger partial charge in [0.05, 0.1) is 12.3 Å². The second kappa shape index (κ2) is 8.14. The monoisotopic (exact) mass is 357 g/mol. The van der Waals surface area contributed by atoms with Gasteiger partial charge >= 0.3 is 5.97 Å². The van der Waals surface area contributed by atoms with Crippen molar-refractivity contribution in [1.29, 1.82) is 0 Å². The molecule has 0 radical (unpaired) electrons. The van der Waals surface area contributed by atoms with Crippen LogP contribution in [0.4, 0.5) is 5.95 Å². The molecule has 2 aromatic rings. The van der Waals surface area contributed by atoms with Gasteiger partial charge in [0, 0.05) is 31.5 Å². The molecule has 1 saturated heterocycles. The fraction of sp³-hybridized carbons (Fsp3) is 0.421. The van der Waals surface area contributed by atoms with Crippen molar-refractivity contribution in [2.45, 2.75) is 19.8 Å². The van der Waals surface area contributed by atoms with Gasteiger partial charge in [-0.15, -0.1) is 0 Å². The lowest BCUT2D eigenvalue weighted by atomic mass is 9.98. The molecule has 138 valence electrons. The van der Waals surface area contributed by atoms with Crippen LogP contribution >= 0.6 is 0 Å². The minimum Gasteiger partial charge on any atom is -0.493 e. The van der Waals surface area contributed by atoms with Crippen molar-refractivity contribution in [3.63, 3.8) is 0 Å². The zero-order chi connectivity index (χ0) is 18.5. The van der Waals surface area contributed by atoms with Gasteiger partial charge in [0.1, 0.15) is 11.3 Å². The van der Waals surface area contributed by atoms with Gasteiger partial charge in [-0.2, -0.15) is 0 Å². The first-order chi connectivity index (χ1) is 12.6. The number of hydrogen-bond donors (Lipinski definition) is 2. The summed E-state index contributed by atoms with van der Waals surface area (Å²) >= 11 is 0. The standard InChI is InChI=1S/C19H23N3O4/c1-2-26-17-4-3-14(11-15(17)18(24)25)16-5-8-20-19(21-16)22-9-6-13(12-23)7-10-22/h3-5,8,11,13,23H,2,6-7,9-10,12H2,1H3,(H,24,25). The molecule has 3 rings (SSSR count). The Labute approximate surface area is 152 Å². The van der Waals surface area contributed by atoms with Crippen LogP contribution in [-0.4, -0.2) is 52.5 Å². The lowest BCUT2D eigenvalue weighted by molar-refractivity contribution is 0.0692. The van der Waals surface area contributed by atoms with Gasteiger partial charge in [-0.3, -0.25) is 0 Å². The van der Waals surface area contributed by atoms with E-state index in [2.05, 4.69) is 14.9 Å².